The van der Waals surface area contributed by atoms with E-state index >= 15 is 0 Å². The SMILES string of the molecule is CCOC(=O)C1CC1c1ccc2cnn(C)c2c1. The summed E-state index contributed by atoms with van der Waals surface area (Å²) >= 11 is 0. The van der Waals surface area contributed by atoms with Crippen LogP contribution in [-0.4, -0.2) is 22.4 Å². The van der Waals surface area contributed by atoms with E-state index in [9.17, 15) is 4.79 Å². The second-order valence-corrected chi connectivity index (χ2v) is 4.79. The monoisotopic (exact) mass is 244 g/mol. The third-order valence-electron chi connectivity index (χ3n) is 3.58. The number of benzene rings is 1. The highest BCUT2D eigenvalue weighted by molar-refractivity contribution is 5.81. The molecule has 0 bridgehead atoms. The molecule has 0 N–H and O–H groups in total. The molecule has 0 amide bonds. The van der Waals surface area contributed by atoms with Crippen molar-refractivity contribution in [3.8, 4) is 0 Å². The molecule has 1 saturated carbocycles. The summed E-state index contributed by atoms with van der Waals surface area (Å²) in [5, 5.41) is 5.36. The lowest BCUT2D eigenvalue weighted by molar-refractivity contribution is -0.144. The molecule has 1 aliphatic rings. The molecule has 4 heteroatoms. The van der Waals surface area contributed by atoms with Crippen LogP contribution in [0.1, 0.15) is 24.8 Å². The van der Waals surface area contributed by atoms with E-state index in [1.54, 1.807) is 0 Å². The smallest absolute Gasteiger partial charge is 0.309 e. The molecule has 1 heterocycles. The van der Waals surface area contributed by atoms with Crippen LogP contribution < -0.4 is 0 Å². The normalized spacial score (nSPS) is 22.1. The maximum absolute atomic E-state index is 11.6. The average Bonchev–Trinajstić information content (AvgIpc) is 3.09. The minimum absolute atomic E-state index is 0.0515. The van der Waals surface area contributed by atoms with Crippen LogP contribution in [0.3, 0.4) is 0 Å². The van der Waals surface area contributed by atoms with E-state index in [4.69, 9.17) is 4.74 Å². The number of aromatic nitrogens is 2. The molecule has 18 heavy (non-hydrogen) atoms. The fourth-order valence-corrected chi connectivity index (χ4v) is 2.46. The van der Waals surface area contributed by atoms with Crippen LogP contribution in [0.2, 0.25) is 0 Å². The second-order valence-electron chi connectivity index (χ2n) is 4.79. The van der Waals surface area contributed by atoms with Gasteiger partial charge in [-0.3, -0.25) is 9.48 Å². The third-order valence-corrected chi connectivity index (χ3v) is 3.58. The molecule has 0 aliphatic heterocycles. The largest absolute Gasteiger partial charge is 0.466 e. The fourth-order valence-electron chi connectivity index (χ4n) is 2.46. The number of ether oxygens (including phenoxy) is 1. The van der Waals surface area contributed by atoms with Crippen LogP contribution in [0.4, 0.5) is 0 Å². The van der Waals surface area contributed by atoms with Crippen LogP contribution in [-0.2, 0) is 16.6 Å². The van der Waals surface area contributed by atoms with Gasteiger partial charge >= 0.3 is 5.97 Å². The van der Waals surface area contributed by atoms with Crippen molar-refractivity contribution in [3.63, 3.8) is 0 Å². The number of hydrogen-bond donors (Lipinski definition) is 0. The second kappa shape index (κ2) is 4.12. The fraction of sp³-hybridized carbons (Fsp3) is 0.429. The minimum Gasteiger partial charge on any atom is -0.466 e. The molecule has 2 unspecified atom stereocenters. The van der Waals surface area contributed by atoms with Crippen molar-refractivity contribution in [1.29, 1.82) is 0 Å². The van der Waals surface area contributed by atoms with Crippen LogP contribution >= 0.6 is 0 Å². The minimum atomic E-state index is -0.0624. The lowest BCUT2D eigenvalue weighted by Crippen LogP contribution is -2.07. The van der Waals surface area contributed by atoms with Crippen molar-refractivity contribution in [3.05, 3.63) is 30.0 Å². The summed E-state index contributed by atoms with van der Waals surface area (Å²) in [6.07, 6.45) is 2.76. The Morgan fingerprint density at radius 3 is 3.17 bits per heavy atom. The van der Waals surface area contributed by atoms with Gasteiger partial charge in [0.2, 0.25) is 0 Å². The van der Waals surface area contributed by atoms with Crippen LogP contribution in [0, 0.1) is 5.92 Å². The van der Waals surface area contributed by atoms with E-state index in [-0.39, 0.29) is 11.9 Å². The molecule has 0 spiro atoms. The number of carbonyl (C=O) groups is 1. The van der Waals surface area contributed by atoms with E-state index in [1.807, 2.05) is 24.9 Å². The van der Waals surface area contributed by atoms with Gasteiger partial charge in [-0.15, -0.1) is 0 Å². The van der Waals surface area contributed by atoms with Crippen molar-refractivity contribution < 1.29 is 9.53 Å². The maximum atomic E-state index is 11.6. The van der Waals surface area contributed by atoms with Gasteiger partial charge in [-0.25, -0.2) is 0 Å². The van der Waals surface area contributed by atoms with Crippen molar-refractivity contribution in [1.82, 2.24) is 9.78 Å². The predicted molar refractivity (Wildman–Crippen MR) is 68.2 cm³/mol. The van der Waals surface area contributed by atoms with Crippen molar-refractivity contribution in [2.24, 2.45) is 13.0 Å². The Bertz CT molecular complexity index is 603. The molecule has 2 aromatic rings. The molecule has 1 aliphatic carbocycles. The lowest BCUT2D eigenvalue weighted by atomic mass is 10.1. The van der Waals surface area contributed by atoms with Gasteiger partial charge < -0.3 is 4.74 Å². The average molecular weight is 244 g/mol. The Labute approximate surface area is 106 Å². The number of esters is 1. The zero-order chi connectivity index (χ0) is 12.7. The summed E-state index contributed by atoms with van der Waals surface area (Å²) in [6, 6.07) is 6.29. The molecular formula is C14H16N2O2. The van der Waals surface area contributed by atoms with Gasteiger partial charge in [0.05, 0.1) is 24.2 Å². The molecule has 1 fully saturated rings. The first-order valence-corrected chi connectivity index (χ1v) is 6.29. The molecule has 1 aromatic heterocycles. The number of hydrogen-bond acceptors (Lipinski definition) is 3. The lowest BCUT2D eigenvalue weighted by Gasteiger charge is -2.02. The zero-order valence-electron chi connectivity index (χ0n) is 10.6. The molecule has 2 atom stereocenters. The summed E-state index contributed by atoms with van der Waals surface area (Å²) in [5.41, 5.74) is 2.33. The first kappa shape index (κ1) is 11.3. The number of nitrogens with zero attached hydrogens (tertiary/aromatic N) is 2. The summed E-state index contributed by atoms with van der Waals surface area (Å²) in [4.78, 5) is 11.6. The molecule has 4 nitrogen and oxygen atoms in total. The van der Waals surface area contributed by atoms with Crippen molar-refractivity contribution in [2.75, 3.05) is 6.61 Å². The highest BCUT2D eigenvalue weighted by Gasteiger charge is 2.45. The van der Waals surface area contributed by atoms with E-state index < -0.39 is 0 Å². The molecule has 3 rings (SSSR count). The zero-order valence-corrected chi connectivity index (χ0v) is 10.6. The Kier molecular flexibility index (Phi) is 2.58. The van der Waals surface area contributed by atoms with Crippen molar-refractivity contribution in [2.45, 2.75) is 19.3 Å². The van der Waals surface area contributed by atoms with Crippen LogP contribution in [0.25, 0.3) is 10.9 Å². The van der Waals surface area contributed by atoms with Gasteiger partial charge in [0.1, 0.15) is 0 Å². The number of rotatable bonds is 3. The van der Waals surface area contributed by atoms with E-state index in [2.05, 4.69) is 23.3 Å². The molecule has 1 aromatic carbocycles. The van der Waals surface area contributed by atoms with Gasteiger partial charge in [0.25, 0.3) is 0 Å². The Balaban J connectivity index is 1.84. The van der Waals surface area contributed by atoms with Gasteiger partial charge in [-0.2, -0.15) is 5.10 Å². The summed E-state index contributed by atoms with van der Waals surface area (Å²) in [7, 11) is 1.93. The quantitative estimate of drug-likeness (QED) is 0.778. The summed E-state index contributed by atoms with van der Waals surface area (Å²) < 4.78 is 6.92. The summed E-state index contributed by atoms with van der Waals surface area (Å²) in [5.74, 6) is 0.312. The van der Waals surface area contributed by atoms with Gasteiger partial charge in [0.15, 0.2) is 0 Å². The summed E-state index contributed by atoms with van der Waals surface area (Å²) in [6.45, 7) is 2.31. The van der Waals surface area contributed by atoms with E-state index in [0.717, 1.165) is 17.3 Å². The first-order valence-electron chi connectivity index (χ1n) is 6.29. The Morgan fingerprint density at radius 1 is 1.56 bits per heavy atom. The Morgan fingerprint density at radius 2 is 2.39 bits per heavy atom. The van der Waals surface area contributed by atoms with Crippen molar-refractivity contribution >= 4 is 16.9 Å². The van der Waals surface area contributed by atoms with E-state index in [1.165, 1.54) is 5.56 Å². The highest BCUT2D eigenvalue weighted by Crippen LogP contribution is 2.48. The van der Waals surface area contributed by atoms with E-state index in [0.29, 0.717) is 12.5 Å². The standard InChI is InChI=1S/C14H16N2O2/c1-3-18-14(17)12-7-11(12)9-4-5-10-8-15-16(2)13(10)6-9/h4-6,8,11-12H,3,7H2,1-2H3. The molecule has 0 radical (unpaired) electrons. The van der Waals surface area contributed by atoms with Crippen LogP contribution in [0.5, 0.6) is 0 Å². The first-order chi connectivity index (χ1) is 8.70. The third kappa shape index (κ3) is 1.78. The van der Waals surface area contributed by atoms with Crippen LogP contribution in [0.15, 0.2) is 24.4 Å². The molecular weight excluding hydrogens is 228 g/mol. The number of carbonyl (C=O) groups excluding carboxylic acids is 1. The Hall–Kier alpha value is -1.84. The van der Waals surface area contributed by atoms with Gasteiger partial charge in [-0.05, 0) is 30.9 Å². The van der Waals surface area contributed by atoms with Gasteiger partial charge in [-0.1, -0.05) is 12.1 Å². The number of aryl methyl sites for hydroxylation is 1. The number of fused-ring (bicyclic) bond motifs is 1. The molecule has 94 valence electrons. The predicted octanol–water partition coefficient (Wildman–Crippen LogP) is 2.24. The topological polar surface area (TPSA) is 44.1 Å². The maximum Gasteiger partial charge on any atom is 0.309 e. The highest BCUT2D eigenvalue weighted by atomic mass is 16.5. The van der Waals surface area contributed by atoms with Gasteiger partial charge in [0, 0.05) is 12.4 Å². The molecule has 0 saturated heterocycles.